The maximum Gasteiger partial charge on any atom is 0.250 e. The SMILES string of the molecule is CSCCC(=O)N1CCN(c2nnnn2-c2ccccc2)CC1. The molecule has 7 nitrogen and oxygen atoms in total. The highest BCUT2D eigenvalue weighted by atomic mass is 32.2. The van der Waals surface area contributed by atoms with Crippen LogP contribution < -0.4 is 4.90 Å². The molecule has 122 valence electrons. The van der Waals surface area contributed by atoms with Gasteiger partial charge in [-0.05, 0) is 28.8 Å². The predicted molar refractivity (Wildman–Crippen MR) is 90.9 cm³/mol. The first-order chi connectivity index (χ1) is 11.3. The largest absolute Gasteiger partial charge is 0.339 e. The molecule has 23 heavy (non-hydrogen) atoms. The zero-order valence-corrected chi connectivity index (χ0v) is 13.9. The Bertz CT molecular complexity index is 638. The van der Waals surface area contributed by atoms with E-state index in [2.05, 4.69) is 20.4 Å². The van der Waals surface area contributed by atoms with Gasteiger partial charge >= 0.3 is 0 Å². The standard InChI is InChI=1S/C15H20N6OS/c1-23-12-7-14(22)19-8-10-20(11-9-19)15-16-17-18-21(15)13-5-3-2-4-6-13/h2-6H,7-12H2,1H3. The molecule has 0 spiro atoms. The fourth-order valence-corrected chi connectivity index (χ4v) is 3.00. The van der Waals surface area contributed by atoms with Crippen molar-refractivity contribution >= 4 is 23.6 Å². The second-order valence-electron chi connectivity index (χ2n) is 5.34. The molecule has 1 aromatic heterocycles. The van der Waals surface area contributed by atoms with E-state index in [1.54, 1.807) is 16.4 Å². The lowest BCUT2D eigenvalue weighted by molar-refractivity contribution is -0.131. The first-order valence-corrected chi connectivity index (χ1v) is 9.04. The minimum Gasteiger partial charge on any atom is -0.339 e. The van der Waals surface area contributed by atoms with Gasteiger partial charge in [0.2, 0.25) is 11.9 Å². The van der Waals surface area contributed by atoms with Crippen LogP contribution in [0.3, 0.4) is 0 Å². The van der Waals surface area contributed by atoms with Gasteiger partial charge in [0.15, 0.2) is 0 Å². The second-order valence-corrected chi connectivity index (χ2v) is 6.32. The molecule has 1 aromatic carbocycles. The van der Waals surface area contributed by atoms with Gasteiger partial charge in [0.25, 0.3) is 0 Å². The maximum absolute atomic E-state index is 12.1. The van der Waals surface area contributed by atoms with E-state index in [-0.39, 0.29) is 5.91 Å². The highest BCUT2D eigenvalue weighted by molar-refractivity contribution is 7.98. The molecule has 1 aliphatic heterocycles. The monoisotopic (exact) mass is 332 g/mol. The van der Waals surface area contributed by atoms with Crippen LogP contribution in [0.15, 0.2) is 30.3 Å². The molecule has 8 heteroatoms. The Morgan fingerprint density at radius 1 is 1.17 bits per heavy atom. The second kappa shape index (κ2) is 7.45. The molecule has 2 aromatic rings. The fraction of sp³-hybridized carbons (Fsp3) is 0.467. The smallest absolute Gasteiger partial charge is 0.250 e. The number of aromatic nitrogens is 4. The van der Waals surface area contributed by atoms with Crippen molar-refractivity contribution in [2.45, 2.75) is 6.42 Å². The highest BCUT2D eigenvalue weighted by Crippen LogP contribution is 2.17. The van der Waals surface area contributed by atoms with Crippen molar-refractivity contribution in [2.24, 2.45) is 0 Å². The summed E-state index contributed by atoms with van der Waals surface area (Å²) in [5.74, 6) is 1.85. The first-order valence-electron chi connectivity index (χ1n) is 7.65. The Labute approximate surface area is 139 Å². The van der Waals surface area contributed by atoms with Gasteiger partial charge in [-0.25, -0.2) is 0 Å². The molecule has 0 radical (unpaired) electrons. The number of carbonyl (C=O) groups is 1. The molecule has 1 fully saturated rings. The van der Waals surface area contributed by atoms with Crippen molar-refractivity contribution in [3.05, 3.63) is 30.3 Å². The third-order valence-electron chi connectivity index (χ3n) is 3.89. The summed E-state index contributed by atoms with van der Waals surface area (Å²) in [6, 6.07) is 9.84. The van der Waals surface area contributed by atoms with Gasteiger partial charge in [-0.15, -0.1) is 0 Å². The zero-order valence-electron chi connectivity index (χ0n) is 13.1. The van der Waals surface area contributed by atoms with Crippen LogP contribution in [0.4, 0.5) is 5.95 Å². The summed E-state index contributed by atoms with van der Waals surface area (Å²) < 4.78 is 1.74. The molecular weight excluding hydrogens is 312 g/mol. The number of piperazine rings is 1. The molecule has 2 heterocycles. The van der Waals surface area contributed by atoms with Crippen molar-refractivity contribution < 1.29 is 4.79 Å². The van der Waals surface area contributed by atoms with E-state index < -0.39 is 0 Å². The summed E-state index contributed by atoms with van der Waals surface area (Å²) in [5, 5.41) is 12.0. The van der Waals surface area contributed by atoms with Gasteiger partial charge in [-0.3, -0.25) is 4.79 Å². The number of benzene rings is 1. The van der Waals surface area contributed by atoms with E-state index in [0.29, 0.717) is 6.42 Å². The van der Waals surface area contributed by atoms with Crippen LogP contribution in [0.1, 0.15) is 6.42 Å². The Morgan fingerprint density at radius 3 is 2.61 bits per heavy atom. The fourth-order valence-electron chi connectivity index (χ4n) is 2.62. The summed E-state index contributed by atoms with van der Waals surface area (Å²) in [6.07, 6.45) is 2.64. The van der Waals surface area contributed by atoms with Crippen LogP contribution in [0.2, 0.25) is 0 Å². The lowest BCUT2D eigenvalue weighted by Gasteiger charge is -2.34. The van der Waals surface area contributed by atoms with E-state index in [1.165, 1.54) is 0 Å². The summed E-state index contributed by atoms with van der Waals surface area (Å²) in [5.41, 5.74) is 0.936. The van der Waals surface area contributed by atoms with Crippen molar-refractivity contribution in [3.63, 3.8) is 0 Å². The number of tetrazole rings is 1. The summed E-state index contributed by atoms with van der Waals surface area (Å²) >= 11 is 1.70. The van der Waals surface area contributed by atoms with Crippen LogP contribution in [-0.2, 0) is 4.79 Å². The van der Waals surface area contributed by atoms with E-state index >= 15 is 0 Å². The molecule has 0 atom stereocenters. The number of thioether (sulfide) groups is 1. The lowest BCUT2D eigenvalue weighted by atomic mass is 10.3. The molecule has 0 saturated carbocycles. The molecule has 0 bridgehead atoms. The molecule has 0 aliphatic carbocycles. The molecule has 1 saturated heterocycles. The third kappa shape index (κ3) is 3.64. The number of hydrogen-bond donors (Lipinski definition) is 0. The molecule has 1 aliphatic rings. The minimum atomic E-state index is 0.238. The number of rotatable bonds is 5. The number of para-hydroxylation sites is 1. The predicted octanol–water partition coefficient (Wildman–Crippen LogP) is 1.06. The Balaban J connectivity index is 1.65. The summed E-state index contributed by atoms with van der Waals surface area (Å²) in [4.78, 5) is 16.2. The maximum atomic E-state index is 12.1. The van der Waals surface area contributed by atoms with Crippen LogP contribution in [0.5, 0.6) is 0 Å². The van der Waals surface area contributed by atoms with E-state index in [9.17, 15) is 4.79 Å². The highest BCUT2D eigenvalue weighted by Gasteiger charge is 2.24. The van der Waals surface area contributed by atoms with Crippen molar-refractivity contribution in [3.8, 4) is 5.69 Å². The molecule has 0 N–H and O–H groups in total. The molecule has 0 unspecified atom stereocenters. The molecular formula is C15H20N6OS. The Hall–Kier alpha value is -2.09. The quantitative estimate of drug-likeness (QED) is 0.816. The van der Waals surface area contributed by atoms with Crippen LogP contribution in [-0.4, -0.2) is 69.2 Å². The first kappa shape index (κ1) is 15.8. The van der Waals surface area contributed by atoms with Gasteiger partial charge in [-0.2, -0.15) is 16.4 Å². The van der Waals surface area contributed by atoms with Gasteiger partial charge in [0, 0.05) is 38.4 Å². The van der Waals surface area contributed by atoms with Crippen molar-refractivity contribution in [1.29, 1.82) is 0 Å². The Morgan fingerprint density at radius 2 is 1.91 bits per heavy atom. The summed E-state index contributed by atoms with van der Waals surface area (Å²) in [7, 11) is 0. The van der Waals surface area contributed by atoms with Crippen LogP contribution in [0.25, 0.3) is 5.69 Å². The lowest BCUT2D eigenvalue weighted by Crippen LogP contribution is -2.49. The normalized spacial score (nSPS) is 15.0. The van der Waals surface area contributed by atoms with Crippen molar-refractivity contribution in [1.82, 2.24) is 25.1 Å². The van der Waals surface area contributed by atoms with Crippen LogP contribution >= 0.6 is 11.8 Å². The van der Waals surface area contributed by atoms with Gasteiger partial charge in [0.1, 0.15) is 0 Å². The van der Waals surface area contributed by atoms with E-state index in [1.807, 2.05) is 41.5 Å². The van der Waals surface area contributed by atoms with E-state index in [4.69, 9.17) is 0 Å². The average Bonchev–Trinajstić information content (AvgIpc) is 3.10. The van der Waals surface area contributed by atoms with Crippen LogP contribution in [0, 0.1) is 0 Å². The van der Waals surface area contributed by atoms with Gasteiger partial charge in [0.05, 0.1) is 5.69 Å². The topological polar surface area (TPSA) is 67.2 Å². The summed E-state index contributed by atoms with van der Waals surface area (Å²) in [6.45, 7) is 2.93. The number of anilines is 1. The van der Waals surface area contributed by atoms with E-state index in [0.717, 1.165) is 43.6 Å². The third-order valence-corrected chi connectivity index (χ3v) is 4.50. The zero-order chi connectivity index (χ0) is 16.1. The number of amides is 1. The average molecular weight is 332 g/mol. The minimum absolute atomic E-state index is 0.238. The Kier molecular flexibility index (Phi) is 5.12. The number of carbonyl (C=O) groups excluding carboxylic acids is 1. The number of nitrogens with zero attached hydrogens (tertiary/aromatic N) is 6. The molecule has 3 rings (SSSR count). The van der Waals surface area contributed by atoms with Gasteiger partial charge < -0.3 is 9.80 Å². The van der Waals surface area contributed by atoms with Gasteiger partial charge in [-0.1, -0.05) is 23.3 Å². The van der Waals surface area contributed by atoms with Crippen molar-refractivity contribution in [2.75, 3.05) is 43.1 Å². The molecule has 1 amide bonds. The number of hydrogen-bond acceptors (Lipinski definition) is 6.